The molecule has 1 amide bonds. The van der Waals surface area contributed by atoms with E-state index in [-0.39, 0.29) is 36.8 Å². The number of carbonyl (C=O) groups is 1. The van der Waals surface area contributed by atoms with E-state index in [0.29, 0.717) is 10.7 Å². The summed E-state index contributed by atoms with van der Waals surface area (Å²) in [7, 11) is 1.29. The molecule has 1 aromatic carbocycles. The van der Waals surface area contributed by atoms with Crippen LogP contribution in [-0.2, 0) is 4.79 Å². The van der Waals surface area contributed by atoms with Gasteiger partial charge in [-0.25, -0.2) is 18.2 Å². The third kappa shape index (κ3) is 6.33. The minimum Gasteiger partial charge on any atom is -0.494 e. The Labute approximate surface area is 176 Å². The summed E-state index contributed by atoms with van der Waals surface area (Å²) in [5.41, 5.74) is 0.586. The molecule has 1 aliphatic rings. The average molecular weight is 445 g/mol. The Bertz CT molecular complexity index is 870. The number of nitrogens with zero attached hydrogens (tertiary/aromatic N) is 1. The molecule has 30 heavy (non-hydrogen) atoms. The molecule has 2 atom stereocenters. The first-order valence-corrected chi connectivity index (χ1v) is 10.1. The number of rotatable bonds is 4. The Hall–Kier alpha value is -2.33. The second kappa shape index (κ2) is 10.6. The van der Waals surface area contributed by atoms with Crippen LogP contribution in [0.2, 0.25) is 0 Å². The summed E-state index contributed by atoms with van der Waals surface area (Å²) < 4.78 is 56.1. The van der Waals surface area contributed by atoms with E-state index in [4.69, 9.17) is 5.14 Å². The molecule has 1 fully saturated rings. The van der Waals surface area contributed by atoms with Gasteiger partial charge < -0.3 is 10.1 Å². The summed E-state index contributed by atoms with van der Waals surface area (Å²) in [4.78, 5) is 16.1. The Morgan fingerprint density at radius 1 is 1.33 bits per heavy atom. The van der Waals surface area contributed by atoms with Crippen LogP contribution in [0.1, 0.15) is 26.2 Å². The van der Waals surface area contributed by atoms with Crippen LogP contribution in [0.5, 0.6) is 5.75 Å². The highest BCUT2D eigenvalue weighted by molar-refractivity contribution is 7.97. The monoisotopic (exact) mass is 445 g/mol. The van der Waals surface area contributed by atoms with Gasteiger partial charge in [0.2, 0.25) is 11.7 Å². The lowest BCUT2D eigenvalue weighted by molar-refractivity contribution is -0.129. The molecule has 2 aromatic rings. The Morgan fingerprint density at radius 3 is 2.67 bits per heavy atom. The van der Waals surface area contributed by atoms with Crippen molar-refractivity contribution in [3.05, 3.63) is 48.2 Å². The number of halogens is 4. The molecule has 1 heterocycles. The zero-order chi connectivity index (χ0) is 22.3. The fourth-order valence-corrected chi connectivity index (χ4v) is 3.32. The number of methoxy groups -OCH3 is 1. The number of pyridine rings is 1. The number of aromatic nitrogens is 1. The third-order valence-electron chi connectivity index (χ3n) is 4.82. The second-order valence-corrected chi connectivity index (χ2v) is 7.53. The first-order chi connectivity index (χ1) is 14.2. The van der Waals surface area contributed by atoms with Gasteiger partial charge in [0.25, 0.3) is 5.92 Å². The van der Waals surface area contributed by atoms with Crippen molar-refractivity contribution < 1.29 is 27.1 Å². The van der Waals surface area contributed by atoms with Gasteiger partial charge in [-0.05, 0) is 49.1 Å². The van der Waals surface area contributed by atoms with Crippen molar-refractivity contribution in [1.29, 1.82) is 0 Å². The maximum atomic E-state index is 13.4. The maximum Gasteiger partial charge on any atom is 0.250 e. The van der Waals surface area contributed by atoms with Crippen LogP contribution in [-0.4, -0.2) is 23.9 Å². The van der Waals surface area contributed by atoms with Gasteiger partial charge in [-0.2, -0.15) is 4.39 Å². The van der Waals surface area contributed by atoms with Crippen LogP contribution >= 0.6 is 11.9 Å². The Balaban J connectivity index is 0.000000269. The average Bonchev–Trinajstić information content (AvgIpc) is 2.72. The van der Waals surface area contributed by atoms with E-state index in [9.17, 15) is 22.4 Å². The van der Waals surface area contributed by atoms with Gasteiger partial charge in [0.05, 0.1) is 7.11 Å². The van der Waals surface area contributed by atoms with E-state index in [1.165, 1.54) is 26.2 Å². The fourth-order valence-electron chi connectivity index (χ4n) is 3.01. The zero-order valence-electron chi connectivity index (χ0n) is 16.5. The SMILES string of the molecule is CC1CC(C(=O)Nc2ccnc(SN)c2)CCC1(F)F.COc1cccc(F)c1F. The molecule has 0 spiro atoms. The number of nitrogens with two attached hydrogens (primary N) is 1. The summed E-state index contributed by atoms with van der Waals surface area (Å²) in [5, 5.41) is 8.73. The van der Waals surface area contributed by atoms with Gasteiger partial charge in [0, 0.05) is 30.1 Å². The predicted octanol–water partition coefficient (Wildman–Crippen LogP) is 5.03. The zero-order valence-corrected chi connectivity index (χ0v) is 17.3. The van der Waals surface area contributed by atoms with Crippen LogP contribution < -0.4 is 15.2 Å². The standard InChI is InChI=1S/C13H17F2N3OS.C7H6F2O/c1-8-6-9(2-4-13(8,14)15)12(19)18-10-3-5-17-11(7-10)20-16;1-10-6-4-2-3-5(8)7(6)9/h3,5,7-9H,2,4,6,16H2,1H3,(H,17,18,19);2-4H,1H3. The molecule has 164 valence electrons. The number of anilines is 1. The van der Waals surface area contributed by atoms with Crippen LogP contribution in [0.4, 0.5) is 23.2 Å². The van der Waals surface area contributed by atoms with Crippen molar-refractivity contribution in [2.45, 2.75) is 37.1 Å². The molecule has 1 saturated carbocycles. The van der Waals surface area contributed by atoms with E-state index >= 15 is 0 Å². The molecule has 1 aromatic heterocycles. The van der Waals surface area contributed by atoms with E-state index in [1.54, 1.807) is 18.3 Å². The normalized spacial score (nSPS) is 20.0. The van der Waals surface area contributed by atoms with Crippen molar-refractivity contribution in [2.24, 2.45) is 17.0 Å². The number of alkyl halides is 2. The highest BCUT2D eigenvalue weighted by atomic mass is 32.2. The van der Waals surface area contributed by atoms with Crippen molar-refractivity contribution in [1.82, 2.24) is 4.98 Å². The predicted molar refractivity (Wildman–Crippen MR) is 107 cm³/mol. The lowest BCUT2D eigenvalue weighted by Gasteiger charge is -2.33. The highest BCUT2D eigenvalue weighted by Gasteiger charge is 2.43. The largest absolute Gasteiger partial charge is 0.494 e. The first-order valence-electron chi connectivity index (χ1n) is 9.17. The van der Waals surface area contributed by atoms with Crippen LogP contribution in [0.25, 0.3) is 0 Å². The van der Waals surface area contributed by atoms with Gasteiger partial charge in [-0.1, -0.05) is 13.0 Å². The van der Waals surface area contributed by atoms with Crippen molar-refractivity contribution in [3.63, 3.8) is 0 Å². The summed E-state index contributed by atoms with van der Waals surface area (Å²) in [6, 6.07) is 7.09. The van der Waals surface area contributed by atoms with Crippen molar-refractivity contribution >= 4 is 23.5 Å². The van der Waals surface area contributed by atoms with E-state index in [2.05, 4.69) is 15.0 Å². The molecule has 3 rings (SSSR count). The number of ether oxygens (including phenoxy) is 1. The molecule has 2 unspecified atom stereocenters. The quantitative estimate of drug-likeness (QED) is 0.510. The Kier molecular flexibility index (Phi) is 8.48. The summed E-state index contributed by atoms with van der Waals surface area (Å²) in [6.45, 7) is 1.50. The summed E-state index contributed by atoms with van der Waals surface area (Å²) in [6.07, 6.45) is 1.74. The molecule has 10 heteroatoms. The Morgan fingerprint density at radius 2 is 2.07 bits per heavy atom. The van der Waals surface area contributed by atoms with Crippen molar-refractivity contribution in [3.8, 4) is 5.75 Å². The van der Waals surface area contributed by atoms with Crippen LogP contribution in [0.15, 0.2) is 41.6 Å². The summed E-state index contributed by atoms with van der Waals surface area (Å²) in [5.74, 6) is -5.90. The van der Waals surface area contributed by atoms with Gasteiger partial charge in [-0.3, -0.25) is 9.93 Å². The molecule has 1 aliphatic carbocycles. The summed E-state index contributed by atoms with van der Waals surface area (Å²) >= 11 is 0.984. The van der Waals surface area contributed by atoms with Crippen molar-refractivity contribution in [2.75, 3.05) is 12.4 Å². The maximum absolute atomic E-state index is 13.4. The number of nitrogens with one attached hydrogen (secondary N) is 1. The minimum absolute atomic E-state index is 0.0694. The van der Waals surface area contributed by atoms with Gasteiger partial charge in [0.1, 0.15) is 5.03 Å². The van der Waals surface area contributed by atoms with E-state index in [1.807, 2.05) is 0 Å². The molecule has 0 radical (unpaired) electrons. The topological polar surface area (TPSA) is 77.2 Å². The number of carbonyl (C=O) groups excluding carboxylic acids is 1. The molecule has 0 saturated heterocycles. The smallest absolute Gasteiger partial charge is 0.250 e. The van der Waals surface area contributed by atoms with Gasteiger partial charge in [0.15, 0.2) is 11.6 Å². The van der Waals surface area contributed by atoms with E-state index < -0.39 is 23.5 Å². The van der Waals surface area contributed by atoms with Crippen LogP contribution in [0.3, 0.4) is 0 Å². The number of hydrogen-bond donors (Lipinski definition) is 2. The number of amides is 1. The van der Waals surface area contributed by atoms with Gasteiger partial charge >= 0.3 is 0 Å². The molecular weight excluding hydrogens is 422 g/mol. The third-order valence-corrected chi connectivity index (χ3v) is 5.28. The number of benzene rings is 1. The fraction of sp³-hybridized carbons (Fsp3) is 0.400. The molecular formula is C20H23F4N3O2S. The van der Waals surface area contributed by atoms with Gasteiger partial charge in [-0.15, -0.1) is 0 Å². The highest BCUT2D eigenvalue weighted by Crippen LogP contribution is 2.41. The second-order valence-electron chi connectivity index (χ2n) is 6.88. The minimum atomic E-state index is -2.66. The molecule has 0 aliphatic heterocycles. The number of hydrogen-bond acceptors (Lipinski definition) is 5. The molecule has 3 N–H and O–H groups in total. The lowest BCUT2D eigenvalue weighted by Crippen LogP contribution is -2.37. The molecule has 0 bridgehead atoms. The first kappa shape index (κ1) is 23.9. The molecule has 5 nitrogen and oxygen atoms in total. The van der Waals surface area contributed by atoms with E-state index in [0.717, 1.165) is 18.0 Å². The van der Waals surface area contributed by atoms with Crippen LogP contribution in [0, 0.1) is 23.5 Å². The lowest BCUT2D eigenvalue weighted by atomic mass is 9.79.